The lowest BCUT2D eigenvalue weighted by atomic mass is 10.2. The molecular weight excluding hydrogens is 278 g/mol. The number of nitrogens with two attached hydrogens (primary N) is 1. The van der Waals surface area contributed by atoms with Crippen LogP contribution >= 0.6 is 11.6 Å². The first-order valence-corrected chi connectivity index (χ1v) is 6.63. The summed E-state index contributed by atoms with van der Waals surface area (Å²) in [6.45, 7) is 2.16. The van der Waals surface area contributed by atoms with Crippen LogP contribution in [0, 0.1) is 0 Å². The highest BCUT2D eigenvalue weighted by Crippen LogP contribution is 2.24. The Morgan fingerprint density at radius 2 is 2.25 bits per heavy atom. The highest BCUT2D eigenvalue weighted by Gasteiger charge is 2.14. The van der Waals surface area contributed by atoms with E-state index in [0.29, 0.717) is 5.69 Å². The molecule has 6 heteroatoms. The molecule has 0 spiro atoms. The van der Waals surface area contributed by atoms with Crippen LogP contribution in [0.2, 0.25) is 5.02 Å². The van der Waals surface area contributed by atoms with Gasteiger partial charge in [-0.05, 0) is 24.6 Å². The molecule has 2 N–H and O–H groups in total. The lowest BCUT2D eigenvalue weighted by Crippen LogP contribution is -2.09. The second-order valence-corrected chi connectivity index (χ2v) is 4.77. The number of nitrogen functional groups attached to an aromatic ring is 1. The van der Waals surface area contributed by atoms with E-state index in [1.807, 2.05) is 20.0 Å². The minimum absolute atomic E-state index is 0.146. The number of benzene rings is 1. The zero-order valence-electron chi connectivity index (χ0n) is 11.4. The Morgan fingerprint density at radius 3 is 2.90 bits per heavy atom. The molecule has 1 aromatic carbocycles. The second kappa shape index (κ2) is 5.96. The van der Waals surface area contributed by atoms with Gasteiger partial charge in [0, 0.05) is 7.05 Å². The minimum Gasteiger partial charge on any atom is -0.456 e. The van der Waals surface area contributed by atoms with Crippen molar-refractivity contribution in [2.75, 3.05) is 5.73 Å². The third kappa shape index (κ3) is 2.93. The maximum atomic E-state index is 12.0. The Hall–Kier alpha value is -2.01. The van der Waals surface area contributed by atoms with Gasteiger partial charge in [-0.2, -0.15) is 5.10 Å². The molecular formula is C14H16ClN3O2. The summed E-state index contributed by atoms with van der Waals surface area (Å²) in [6.07, 6.45) is 0.836. The van der Waals surface area contributed by atoms with E-state index < -0.39 is 5.97 Å². The van der Waals surface area contributed by atoms with E-state index in [1.54, 1.807) is 22.9 Å². The number of hydrogen-bond donors (Lipinski definition) is 1. The highest BCUT2D eigenvalue weighted by atomic mass is 35.5. The second-order valence-electron chi connectivity index (χ2n) is 4.39. The SMILES string of the molecule is CCc1cc(COC(=O)c2cccc(N)c2Cl)n(C)n1. The fourth-order valence-corrected chi connectivity index (χ4v) is 2.01. The summed E-state index contributed by atoms with van der Waals surface area (Å²) in [5.74, 6) is -0.499. The molecule has 20 heavy (non-hydrogen) atoms. The first kappa shape index (κ1) is 14.4. The van der Waals surface area contributed by atoms with Crippen molar-refractivity contribution in [3.8, 4) is 0 Å². The number of halogens is 1. The van der Waals surface area contributed by atoms with Crippen molar-refractivity contribution in [2.24, 2.45) is 7.05 Å². The van der Waals surface area contributed by atoms with Crippen LogP contribution in [0.1, 0.15) is 28.7 Å². The van der Waals surface area contributed by atoms with E-state index in [2.05, 4.69) is 5.10 Å². The first-order valence-electron chi connectivity index (χ1n) is 6.25. The number of carbonyl (C=O) groups excluding carboxylic acids is 1. The quantitative estimate of drug-likeness (QED) is 0.695. The number of anilines is 1. The molecule has 1 aromatic heterocycles. The molecule has 0 aliphatic carbocycles. The average Bonchev–Trinajstić information content (AvgIpc) is 2.80. The van der Waals surface area contributed by atoms with Crippen molar-refractivity contribution < 1.29 is 9.53 Å². The van der Waals surface area contributed by atoms with E-state index in [-0.39, 0.29) is 17.2 Å². The zero-order valence-corrected chi connectivity index (χ0v) is 12.1. The molecule has 2 rings (SSSR count). The summed E-state index contributed by atoms with van der Waals surface area (Å²) in [7, 11) is 1.82. The molecule has 0 bridgehead atoms. The lowest BCUT2D eigenvalue weighted by molar-refractivity contribution is 0.0464. The molecule has 0 amide bonds. The van der Waals surface area contributed by atoms with Crippen LogP contribution in [0.15, 0.2) is 24.3 Å². The fourth-order valence-electron chi connectivity index (χ4n) is 1.80. The number of nitrogens with zero attached hydrogens (tertiary/aromatic N) is 2. The topological polar surface area (TPSA) is 70.1 Å². The number of aromatic nitrogens is 2. The van der Waals surface area contributed by atoms with Crippen LogP contribution in [-0.2, 0) is 24.8 Å². The molecule has 0 aliphatic rings. The van der Waals surface area contributed by atoms with Gasteiger partial charge in [0.25, 0.3) is 0 Å². The van der Waals surface area contributed by atoms with Crippen molar-refractivity contribution in [3.63, 3.8) is 0 Å². The normalized spacial score (nSPS) is 10.6. The van der Waals surface area contributed by atoms with Gasteiger partial charge in [-0.25, -0.2) is 4.79 Å². The molecule has 0 atom stereocenters. The maximum Gasteiger partial charge on any atom is 0.340 e. The van der Waals surface area contributed by atoms with E-state index in [9.17, 15) is 4.79 Å². The Labute approximate surface area is 122 Å². The highest BCUT2D eigenvalue weighted by molar-refractivity contribution is 6.36. The largest absolute Gasteiger partial charge is 0.456 e. The molecule has 0 saturated carbocycles. The maximum absolute atomic E-state index is 12.0. The number of hydrogen-bond acceptors (Lipinski definition) is 4. The summed E-state index contributed by atoms with van der Waals surface area (Å²) in [5.41, 5.74) is 8.07. The number of rotatable bonds is 4. The van der Waals surface area contributed by atoms with Crippen molar-refractivity contribution in [1.82, 2.24) is 9.78 Å². The number of aryl methyl sites for hydroxylation is 2. The van der Waals surface area contributed by atoms with Gasteiger partial charge in [-0.15, -0.1) is 0 Å². The van der Waals surface area contributed by atoms with Gasteiger partial charge in [0.15, 0.2) is 0 Å². The number of esters is 1. The molecule has 5 nitrogen and oxygen atoms in total. The third-order valence-corrected chi connectivity index (χ3v) is 3.41. The molecule has 2 aromatic rings. The van der Waals surface area contributed by atoms with Crippen LogP contribution in [0.4, 0.5) is 5.69 Å². The lowest BCUT2D eigenvalue weighted by Gasteiger charge is -2.07. The van der Waals surface area contributed by atoms with Crippen LogP contribution in [0.5, 0.6) is 0 Å². The molecule has 0 unspecified atom stereocenters. The Kier molecular flexibility index (Phi) is 4.29. The molecule has 0 saturated heterocycles. The minimum atomic E-state index is -0.499. The Balaban J connectivity index is 2.08. The molecule has 106 valence electrons. The summed E-state index contributed by atoms with van der Waals surface area (Å²) < 4.78 is 6.95. The standard InChI is InChI=1S/C14H16ClN3O2/c1-3-9-7-10(18(2)17-9)8-20-14(19)11-5-4-6-12(16)13(11)15/h4-7H,3,8,16H2,1-2H3. The predicted molar refractivity (Wildman–Crippen MR) is 77.6 cm³/mol. The Morgan fingerprint density at radius 1 is 1.50 bits per heavy atom. The predicted octanol–water partition coefficient (Wildman–Crippen LogP) is 2.58. The summed E-state index contributed by atoms with van der Waals surface area (Å²) >= 11 is 5.98. The molecule has 0 radical (unpaired) electrons. The van der Waals surface area contributed by atoms with Gasteiger partial charge in [-0.1, -0.05) is 24.6 Å². The van der Waals surface area contributed by atoms with E-state index in [0.717, 1.165) is 17.8 Å². The first-order chi connectivity index (χ1) is 9.52. The van der Waals surface area contributed by atoms with Crippen LogP contribution in [-0.4, -0.2) is 15.7 Å². The van der Waals surface area contributed by atoms with Gasteiger partial charge >= 0.3 is 5.97 Å². The number of carbonyl (C=O) groups is 1. The van der Waals surface area contributed by atoms with Crippen LogP contribution in [0.3, 0.4) is 0 Å². The van der Waals surface area contributed by atoms with Crippen molar-refractivity contribution in [1.29, 1.82) is 0 Å². The fraction of sp³-hybridized carbons (Fsp3) is 0.286. The van der Waals surface area contributed by atoms with Crippen LogP contribution in [0.25, 0.3) is 0 Å². The van der Waals surface area contributed by atoms with Crippen molar-refractivity contribution in [3.05, 3.63) is 46.2 Å². The van der Waals surface area contributed by atoms with Gasteiger partial charge < -0.3 is 10.5 Å². The smallest absolute Gasteiger partial charge is 0.340 e. The third-order valence-electron chi connectivity index (χ3n) is 2.99. The Bertz CT molecular complexity index is 637. The van der Waals surface area contributed by atoms with E-state index >= 15 is 0 Å². The summed E-state index contributed by atoms with van der Waals surface area (Å²) in [4.78, 5) is 12.0. The zero-order chi connectivity index (χ0) is 14.7. The van der Waals surface area contributed by atoms with Gasteiger partial charge in [0.1, 0.15) is 6.61 Å². The molecule has 1 heterocycles. The monoisotopic (exact) mass is 293 g/mol. The van der Waals surface area contributed by atoms with E-state index in [1.165, 1.54) is 0 Å². The molecule has 0 aliphatic heterocycles. The van der Waals surface area contributed by atoms with Crippen LogP contribution < -0.4 is 5.73 Å². The average molecular weight is 294 g/mol. The summed E-state index contributed by atoms with van der Waals surface area (Å²) in [6, 6.07) is 6.79. The van der Waals surface area contributed by atoms with Gasteiger partial charge in [0.05, 0.1) is 27.7 Å². The van der Waals surface area contributed by atoms with E-state index in [4.69, 9.17) is 22.1 Å². The number of ether oxygens (including phenoxy) is 1. The van der Waals surface area contributed by atoms with Gasteiger partial charge in [0.2, 0.25) is 0 Å². The van der Waals surface area contributed by atoms with Gasteiger partial charge in [-0.3, -0.25) is 4.68 Å². The molecule has 0 fully saturated rings. The van der Waals surface area contributed by atoms with Crippen molar-refractivity contribution >= 4 is 23.3 Å². The van der Waals surface area contributed by atoms with Crippen molar-refractivity contribution in [2.45, 2.75) is 20.0 Å². The summed E-state index contributed by atoms with van der Waals surface area (Å²) in [5, 5.41) is 4.51.